The molecule has 0 fully saturated rings. The summed E-state index contributed by atoms with van der Waals surface area (Å²) >= 11 is 7.66. The monoisotopic (exact) mass is 399 g/mol. The highest BCUT2D eigenvalue weighted by atomic mass is 35.5. The van der Waals surface area contributed by atoms with Crippen LogP contribution in [0.25, 0.3) is 20.7 Å². The molecule has 0 saturated heterocycles. The highest BCUT2D eigenvalue weighted by molar-refractivity contribution is 7.51. The van der Waals surface area contributed by atoms with E-state index in [0.29, 0.717) is 26.8 Å². The zero-order chi connectivity index (χ0) is 18.2. The molecule has 0 amide bonds. The average molecular weight is 400 g/mol. The van der Waals surface area contributed by atoms with Crippen LogP contribution in [0, 0.1) is 6.92 Å². The lowest BCUT2D eigenvalue weighted by molar-refractivity contribution is 0.375. The molecule has 3 N–H and O–H groups in total. The maximum atomic E-state index is 11.1. The largest absolute Gasteiger partial charge is 0.496 e. The summed E-state index contributed by atoms with van der Waals surface area (Å²) in [7, 11) is -2.60. The highest BCUT2D eigenvalue weighted by Gasteiger charge is 2.17. The third kappa shape index (κ3) is 3.94. The molecule has 1 aromatic carbocycles. The van der Waals surface area contributed by atoms with Crippen LogP contribution < -0.4 is 10.1 Å². The molecule has 3 rings (SSSR count). The first-order valence-electron chi connectivity index (χ1n) is 7.16. The van der Waals surface area contributed by atoms with Crippen molar-refractivity contribution >= 4 is 46.6 Å². The molecule has 0 aliphatic heterocycles. The second kappa shape index (κ2) is 6.90. The van der Waals surface area contributed by atoms with Gasteiger partial charge in [0.1, 0.15) is 29.0 Å². The molecule has 0 spiro atoms. The Balaban J connectivity index is 2.08. The van der Waals surface area contributed by atoms with Crippen LogP contribution >= 0.6 is 30.5 Å². The van der Waals surface area contributed by atoms with Gasteiger partial charge in [0, 0.05) is 15.5 Å². The van der Waals surface area contributed by atoms with Gasteiger partial charge < -0.3 is 19.8 Å². The van der Waals surface area contributed by atoms with Crippen LogP contribution in [-0.2, 0) is 4.57 Å². The second-order valence-electron chi connectivity index (χ2n) is 5.35. The summed E-state index contributed by atoms with van der Waals surface area (Å²) in [5.74, 6) is 1.05. The van der Waals surface area contributed by atoms with Gasteiger partial charge in [-0.25, -0.2) is 9.97 Å². The van der Waals surface area contributed by atoms with Crippen LogP contribution in [0.4, 0.5) is 5.82 Å². The van der Waals surface area contributed by atoms with E-state index in [0.717, 1.165) is 16.0 Å². The molecular weight excluding hydrogens is 385 g/mol. The summed E-state index contributed by atoms with van der Waals surface area (Å²) in [6.45, 7) is 1.90. The molecule has 0 aliphatic rings. The number of nitrogens with zero attached hydrogens (tertiary/aromatic N) is 2. The van der Waals surface area contributed by atoms with E-state index in [4.69, 9.17) is 26.1 Å². The Bertz CT molecular complexity index is 988. The standard InChI is InChI=1S/C15H15ClN3O4PS/c1-8-3-12(23-2)9(4-11(8)16)13-5-10-14(19-7-24(20,21)22)17-6-18-15(10)25-13/h3-6H,7H2,1-2H3,(H,17,18,19)(H2,20,21,22). The van der Waals surface area contributed by atoms with Crippen molar-refractivity contribution in [3.8, 4) is 16.2 Å². The Kier molecular flexibility index (Phi) is 4.99. The Labute approximate surface area is 152 Å². The molecule has 0 saturated carbocycles. The van der Waals surface area contributed by atoms with E-state index in [9.17, 15) is 4.57 Å². The molecule has 0 atom stereocenters. The van der Waals surface area contributed by atoms with E-state index in [2.05, 4.69) is 15.3 Å². The number of halogens is 1. The number of nitrogens with one attached hydrogen (secondary N) is 1. The molecule has 0 radical (unpaired) electrons. The number of benzene rings is 1. The zero-order valence-corrected chi connectivity index (χ0v) is 15.8. The number of fused-ring (bicyclic) bond motifs is 1. The van der Waals surface area contributed by atoms with E-state index >= 15 is 0 Å². The number of methoxy groups -OCH3 is 1. The minimum Gasteiger partial charge on any atom is -0.496 e. The summed E-state index contributed by atoms with van der Waals surface area (Å²) in [6.07, 6.45) is 0.855. The van der Waals surface area contributed by atoms with Crippen LogP contribution in [0.3, 0.4) is 0 Å². The average Bonchev–Trinajstić information content (AvgIpc) is 2.98. The van der Waals surface area contributed by atoms with Gasteiger partial charge in [-0.1, -0.05) is 11.6 Å². The molecule has 2 heterocycles. The number of thiophene rings is 1. The van der Waals surface area contributed by atoms with Gasteiger partial charge in [0.2, 0.25) is 0 Å². The van der Waals surface area contributed by atoms with Gasteiger partial charge >= 0.3 is 7.60 Å². The fourth-order valence-corrected chi connectivity index (χ4v) is 3.86. The van der Waals surface area contributed by atoms with E-state index < -0.39 is 13.9 Å². The third-order valence-corrected chi connectivity index (χ3v) is 5.58. The smallest absolute Gasteiger partial charge is 0.344 e. The van der Waals surface area contributed by atoms with E-state index in [1.807, 2.05) is 25.1 Å². The summed E-state index contributed by atoms with van der Waals surface area (Å²) in [5, 5.41) is 3.98. The SMILES string of the molecule is COc1cc(C)c(Cl)cc1-c1cc2c(NCP(=O)(O)O)ncnc2s1. The minimum absolute atomic E-state index is 0.369. The van der Waals surface area contributed by atoms with Crippen LogP contribution in [0.2, 0.25) is 5.02 Å². The first-order chi connectivity index (χ1) is 11.8. The number of rotatable bonds is 5. The third-order valence-electron chi connectivity index (χ3n) is 3.53. The maximum Gasteiger partial charge on any atom is 0.344 e. The van der Waals surface area contributed by atoms with Gasteiger partial charge in [-0.2, -0.15) is 0 Å². The molecule has 0 bridgehead atoms. The predicted molar refractivity (Wildman–Crippen MR) is 99.7 cm³/mol. The number of aryl methyl sites for hydroxylation is 1. The predicted octanol–water partition coefficient (Wildman–Crippen LogP) is 3.88. The lowest BCUT2D eigenvalue weighted by Crippen LogP contribution is -2.04. The van der Waals surface area contributed by atoms with Gasteiger partial charge in [-0.15, -0.1) is 11.3 Å². The quantitative estimate of drug-likeness (QED) is 0.559. The van der Waals surface area contributed by atoms with Crippen LogP contribution in [-0.4, -0.2) is 33.2 Å². The summed E-state index contributed by atoms with van der Waals surface area (Å²) < 4.78 is 16.5. The number of ether oxygens (including phenoxy) is 1. The molecule has 25 heavy (non-hydrogen) atoms. The van der Waals surface area contributed by atoms with Crippen molar-refractivity contribution in [2.75, 3.05) is 18.7 Å². The van der Waals surface area contributed by atoms with Gasteiger partial charge in [0.25, 0.3) is 0 Å². The van der Waals surface area contributed by atoms with Crippen molar-refractivity contribution in [3.05, 3.63) is 35.1 Å². The Morgan fingerprint density at radius 2 is 2.08 bits per heavy atom. The maximum absolute atomic E-state index is 11.1. The fraction of sp³-hybridized carbons (Fsp3) is 0.200. The van der Waals surface area contributed by atoms with Gasteiger partial charge in [-0.05, 0) is 30.7 Å². The minimum atomic E-state index is -4.19. The Morgan fingerprint density at radius 1 is 1.32 bits per heavy atom. The van der Waals surface area contributed by atoms with Crippen molar-refractivity contribution in [1.82, 2.24) is 9.97 Å². The van der Waals surface area contributed by atoms with Crippen molar-refractivity contribution in [3.63, 3.8) is 0 Å². The van der Waals surface area contributed by atoms with Crippen molar-refractivity contribution in [2.45, 2.75) is 6.92 Å². The summed E-state index contributed by atoms with van der Waals surface area (Å²) in [6, 6.07) is 5.54. The van der Waals surface area contributed by atoms with Gasteiger partial charge in [0.05, 0.1) is 12.5 Å². The van der Waals surface area contributed by atoms with Gasteiger partial charge in [-0.3, -0.25) is 4.57 Å². The first kappa shape index (κ1) is 18.1. The fourth-order valence-electron chi connectivity index (χ4n) is 2.32. The zero-order valence-electron chi connectivity index (χ0n) is 13.4. The van der Waals surface area contributed by atoms with Crippen LogP contribution in [0.5, 0.6) is 5.75 Å². The van der Waals surface area contributed by atoms with E-state index in [-0.39, 0.29) is 0 Å². The molecule has 132 valence electrons. The Hall–Kier alpha value is -1.70. The normalized spacial score (nSPS) is 11.7. The summed E-state index contributed by atoms with van der Waals surface area (Å²) in [5.41, 5.74) is 1.73. The van der Waals surface area contributed by atoms with Crippen LogP contribution in [0.15, 0.2) is 24.5 Å². The van der Waals surface area contributed by atoms with E-state index in [1.165, 1.54) is 17.7 Å². The van der Waals surface area contributed by atoms with Crippen molar-refractivity contribution in [2.24, 2.45) is 0 Å². The van der Waals surface area contributed by atoms with E-state index in [1.54, 1.807) is 7.11 Å². The molecule has 2 aromatic heterocycles. The van der Waals surface area contributed by atoms with Crippen molar-refractivity contribution < 1.29 is 19.1 Å². The van der Waals surface area contributed by atoms with Gasteiger partial charge in [0.15, 0.2) is 0 Å². The molecular formula is C15H15ClN3O4PS. The highest BCUT2D eigenvalue weighted by Crippen LogP contribution is 2.42. The lowest BCUT2D eigenvalue weighted by atomic mass is 10.1. The topological polar surface area (TPSA) is 105 Å². The molecule has 0 aliphatic carbocycles. The molecule has 7 nitrogen and oxygen atoms in total. The number of hydrogen-bond acceptors (Lipinski definition) is 6. The van der Waals surface area contributed by atoms with Crippen LogP contribution in [0.1, 0.15) is 5.56 Å². The Morgan fingerprint density at radius 3 is 2.76 bits per heavy atom. The summed E-state index contributed by atoms with van der Waals surface area (Å²) in [4.78, 5) is 27.9. The number of aromatic nitrogens is 2. The second-order valence-corrected chi connectivity index (χ2v) is 8.44. The molecule has 0 unspecified atom stereocenters. The first-order valence-corrected chi connectivity index (χ1v) is 10.1. The molecule has 3 aromatic rings. The number of hydrogen-bond donors (Lipinski definition) is 3. The number of anilines is 1. The van der Waals surface area contributed by atoms with Crippen molar-refractivity contribution in [1.29, 1.82) is 0 Å². The lowest BCUT2D eigenvalue weighted by Gasteiger charge is -2.09. The molecule has 10 heteroatoms.